The number of pyridine rings is 1. The number of halogens is 4. The van der Waals surface area contributed by atoms with E-state index in [2.05, 4.69) is 26.0 Å². The van der Waals surface area contributed by atoms with Gasteiger partial charge in [0.15, 0.2) is 5.69 Å². The van der Waals surface area contributed by atoms with Crippen molar-refractivity contribution in [2.45, 2.75) is 77.6 Å². The zero-order chi connectivity index (χ0) is 37.5. The van der Waals surface area contributed by atoms with Crippen LogP contribution in [-0.2, 0) is 27.8 Å². The molecule has 1 aliphatic carbocycles. The van der Waals surface area contributed by atoms with Gasteiger partial charge in [-0.1, -0.05) is 64.3 Å². The molecule has 1 fully saturated rings. The summed E-state index contributed by atoms with van der Waals surface area (Å²) in [6, 6.07) is 14.3. The zero-order valence-corrected chi connectivity index (χ0v) is 29.2. The van der Waals surface area contributed by atoms with Gasteiger partial charge in [-0.3, -0.25) is 14.6 Å². The molecule has 3 N–H and O–H groups in total. The van der Waals surface area contributed by atoms with Gasteiger partial charge < -0.3 is 20.7 Å². The monoisotopic (exact) mass is 722 g/mol. The normalized spacial score (nSPS) is 14.1. The third-order valence-electron chi connectivity index (χ3n) is 8.90. The lowest BCUT2D eigenvalue weighted by Crippen LogP contribution is -2.48. The van der Waals surface area contributed by atoms with E-state index >= 15 is 4.39 Å². The Morgan fingerprint density at radius 2 is 1.81 bits per heavy atom. The minimum absolute atomic E-state index is 0.00148. The summed E-state index contributed by atoms with van der Waals surface area (Å²) in [6.07, 6.45) is 2.57. The summed E-state index contributed by atoms with van der Waals surface area (Å²) in [7, 11) is 0. The summed E-state index contributed by atoms with van der Waals surface area (Å²) >= 11 is 0. The second-order valence-corrected chi connectivity index (χ2v) is 13.3. The van der Waals surface area contributed by atoms with E-state index < -0.39 is 40.9 Å². The Labute approximate surface area is 299 Å². The molecule has 3 amide bonds. The fraction of sp³-hybridized carbons (Fsp3) is 0.395. The Kier molecular flexibility index (Phi) is 12.0. The molecule has 4 aromatic rings. The Bertz CT molecular complexity index is 1880. The third kappa shape index (κ3) is 9.33. The maximum absolute atomic E-state index is 15.5. The van der Waals surface area contributed by atoms with Crippen LogP contribution >= 0.6 is 0 Å². The van der Waals surface area contributed by atoms with Crippen LogP contribution in [0.5, 0.6) is 0 Å². The van der Waals surface area contributed by atoms with Crippen molar-refractivity contribution < 1.29 is 36.7 Å². The molecule has 1 atom stereocenters. The van der Waals surface area contributed by atoms with Gasteiger partial charge in [-0.15, -0.1) is 0 Å². The van der Waals surface area contributed by atoms with Gasteiger partial charge in [0.05, 0.1) is 23.5 Å². The highest BCUT2D eigenvalue weighted by Crippen LogP contribution is 2.42. The van der Waals surface area contributed by atoms with Gasteiger partial charge in [0.25, 0.3) is 5.91 Å². The van der Waals surface area contributed by atoms with Gasteiger partial charge in [0.1, 0.15) is 11.5 Å². The summed E-state index contributed by atoms with van der Waals surface area (Å²) in [6.45, 7) is 5.71. The average molecular weight is 723 g/mol. The number of rotatable bonds is 15. The lowest BCUT2D eigenvalue weighted by atomic mass is 9.78. The highest BCUT2D eigenvalue weighted by molar-refractivity contribution is 6.03. The fourth-order valence-corrected chi connectivity index (χ4v) is 5.74. The molecule has 2 aromatic carbocycles. The molecular weight excluding hydrogens is 680 g/mol. The number of alkyl halides is 3. The molecule has 2 heterocycles. The molecule has 0 saturated heterocycles. The minimum Gasteiger partial charge on any atom is -0.450 e. The predicted molar refractivity (Wildman–Crippen MR) is 186 cm³/mol. The average Bonchev–Trinajstić information content (AvgIpc) is 3.84. The molecule has 1 unspecified atom stereocenters. The van der Waals surface area contributed by atoms with E-state index in [1.807, 2.05) is 13.0 Å². The number of carbonyl (C=O) groups is 3. The third-order valence-corrected chi connectivity index (χ3v) is 8.90. The van der Waals surface area contributed by atoms with E-state index in [-0.39, 0.29) is 36.4 Å². The highest BCUT2D eigenvalue weighted by atomic mass is 19.4. The predicted octanol–water partition coefficient (Wildman–Crippen LogP) is 7.91. The maximum Gasteiger partial charge on any atom is 0.435 e. The van der Waals surface area contributed by atoms with Crippen molar-refractivity contribution >= 4 is 23.6 Å². The van der Waals surface area contributed by atoms with E-state index in [0.717, 1.165) is 36.4 Å². The lowest BCUT2D eigenvalue weighted by molar-refractivity contribution is -0.141. The van der Waals surface area contributed by atoms with Crippen molar-refractivity contribution in [3.63, 3.8) is 0 Å². The van der Waals surface area contributed by atoms with Gasteiger partial charge in [0, 0.05) is 36.5 Å². The summed E-state index contributed by atoms with van der Waals surface area (Å²) in [5.41, 5.74) is -1.57. The molecule has 0 bridgehead atoms. The van der Waals surface area contributed by atoms with Gasteiger partial charge in [-0.2, -0.15) is 18.3 Å². The first-order valence-corrected chi connectivity index (χ1v) is 17.3. The number of hydrogen-bond acceptors (Lipinski definition) is 6. The van der Waals surface area contributed by atoms with E-state index in [1.165, 1.54) is 24.3 Å². The van der Waals surface area contributed by atoms with E-state index in [0.29, 0.717) is 41.5 Å². The number of anilines is 1. The molecule has 14 heteroatoms. The topological polar surface area (TPSA) is 127 Å². The number of aromatic nitrogens is 3. The summed E-state index contributed by atoms with van der Waals surface area (Å²) in [5, 5.41) is 11.9. The highest BCUT2D eigenvalue weighted by Gasteiger charge is 2.40. The van der Waals surface area contributed by atoms with Crippen molar-refractivity contribution in [3.05, 3.63) is 107 Å². The number of nitrogens with zero attached hydrogens (tertiary/aromatic N) is 3. The quantitative estimate of drug-likeness (QED) is 0.0846. The first-order valence-electron chi connectivity index (χ1n) is 17.3. The number of amides is 3. The fourth-order valence-electron chi connectivity index (χ4n) is 5.74. The first kappa shape index (κ1) is 38.0. The van der Waals surface area contributed by atoms with Crippen molar-refractivity contribution in [1.82, 2.24) is 25.4 Å². The van der Waals surface area contributed by atoms with Crippen LogP contribution in [0.15, 0.2) is 73.1 Å². The Hall–Kier alpha value is -5.27. The molecule has 0 radical (unpaired) electrons. The number of benzene rings is 2. The molecule has 1 saturated carbocycles. The van der Waals surface area contributed by atoms with Crippen LogP contribution in [0.3, 0.4) is 0 Å². The van der Waals surface area contributed by atoms with Crippen molar-refractivity contribution in [2.75, 3.05) is 11.9 Å². The smallest absolute Gasteiger partial charge is 0.435 e. The molecule has 52 heavy (non-hydrogen) atoms. The number of hydrogen-bond donors (Lipinski definition) is 3. The second kappa shape index (κ2) is 16.4. The number of ether oxygens (including phenoxy) is 1. The Morgan fingerprint density at radius 3 is 2.48 bits per heavy atom. The second-order valence-electron chi connectivity index (χ2n) is 13.3. The molecule has 1 aliphatic rings. The standard InChI is InChI=1S/C38H42F4N6O4/c1-4-5-18-52-36(51)44-22-26-8-6-10-29(19-26)48-32(21-33(47-48)38(40,41)42)35(50)45-31-20-27(13-14-30(31)39)37(16-15-25-11-12-25,46-34(49)24(2)3)28-9-7-17-43-23-28/h6-10,13-14,17,19-21,23-25H,4-5,11-12,15-16,18,22H2,1-3H3,(H,44,51)(H,45,50)(H,46,49). The number of alkyl carbamates (subject to hydrolysis) is 1. The van der Waals surface area contributed by atoms with E-state index in [1.54, 1.807) is 44.4 Å². The first-order chi connectivity index (χ1) is 24.8. The Balaban J connectivity index is 1.49. The van der Waals surface area contributed by atoms with Gasteiger partial charge >= 0.3 is 12.3 Å². The van der Waals surface area contributed by atoms with Gasteiger partial charge in [0.2, 0.25) is 5.91 Å². The summed E-state index contributed by atoms with van der Waals surface area (Å²) < 4.78 is 63.2. The van der Waals surface area contributed by atoms with Crippen LogP contribution in [0.4, 0.5) is 28.0 Å². The molecule has 2 aromatic heterocycles. The van der Waals surface area contributed by atoms with Gasteiger partial charge in [-0.05, 0) is 66.6 Å². The SMILES string of the molecule is CCCCOC(=O)NCc1cccc(-n2nc(C(F)(F)F)cc2C(=O)Nc2cc(C(CCC3CC3)(NC(=O)C(C)C)c3cccnc3)ccc2F)c1. The van der Waals surface area contributed by atoms with E-state index in [4.69, 9.17) is 4.74 Å². The van der Waals surface area contributed by atoms with Crippen LogP contribution in [-0.4, -0.2) is 39.3 Å². The van der Waals surface area contributed by atoms with Crippen LogP contribution < -0.4 is 16.0 Å². The van der Waals surface area contributed by atoms with Crippen LogP contribution in [0, 0.1) is 17.7 Å². The summed E-state index contributed by atoms with van der Waals surface area (Å²) in [4.78, 5) is 43.4. The molecule has 0 spiro atoms. The molecule has 5 rings (SSSR count). The van der Waals surface area contributed by atoms with Crippen molar-refractivity contribution in [2.24, 2.45) is 11.8 Å². The molecule has 276 valence electrons. The number of nitrogens with one attached hydrogen (secondary N) is 3. The molecule has 10 nitrogen and oxygen atoms in total. The van der Waals surface area contributed by atoms with Crippen molar-refractivity contribution in [3.8, 4) is 5.69 Å². The van der Waals surface area contributed by atoms with Crippen LogP contribution in [0.2, 0.25) is 0 Å². The van der Waals surface area contributed by atoms with Crippen LogP contribution in [0.25, 0.3) is 5.69 Å². The van der Waals surface area contributed by atoms with Crippen molar-refractivity contribution in [1.29, 1.82) is 0 Å². The van der Waals surface area contributed by atoms with E-state index in [9.17, 15) is 27.6 Å². The van der Waals surface area contributed by atoms with Crippen LogP contribution in [0.1, 0.15) is 92.2 Å². The summed E-state index contributed by atoms with van der Waals surface area (Å²) in [5.74, 6) is -2.05. The zero-order valence-electron chi connectivity index (χ0n) is 29.2. The largest absolute Gasteiger partial charge is 0.450 e. The minimum atomic E-state index is -4.90. The number of unbranched alkanes of at least 4 members (excludes halogenated alkanes) is 1. The Morgan fingerprint density at radius 1 is 1.02 bits per heavy atom. The molecular formula is C38H42F4N6O4. The lowest BCUT2D eigenvalue weighted by Gasteiger charge is -2.37. The number of carbonyl (C=O) groups excluding carboxylic acids is 3. The van der Waals surface area contributed by atoms with Gasteiger partial charge in [-0.25, -0.2) is 13.9 Å². The molecule has 0 aliphatic heterocycles. The maximum atomic E-state index is 15.5.